The summed E-state index contributed by atoms with van der Waals surface area (Å²) in [6.45, 7) is 1.84. The fourth-order valence-electron chi connectivity index (χ4n) is 2.06. The van der Waals surface area contributed by atoms with E-state index in [1.807, 2.05) is 18.2 Å². The van der Waals surface area contributed by atoms with Crippen LogP contribution in [0, 0.1) is 5.92 Å². The number of carbonyl (C=O) groups excluding carboxylic acids is 1. The van der Waals surface area contributed by atoms with Crippen molar-refractivity contribution in [2.45, 2.75) is 12.8 Å². The van der Waals surface area contributed by atoms with E-state index in [0.717, 1.165) is 30.4 Å². The van der Waals surface area contributed by atoms with Crippen LogP contribution in [0.25, 0.3) is 0 Å². The number of hydrogen-bond donors (Lipinski definition) is 2. The average molecular weight is 283 g/mol. The Kier molecular flexibility index (Phi) is 3.61. The summed E-state index contributed by atoms with van der Waals surface area (Å²) in [5.74, 6) is 0.304. The third kappa shape index (κ3) is 2.28. The topological polar surface area (TPSA) is 55.1 Å². The van der Waals surface area contributed by atoms with E-state index in [1.54, 1.807) is 0 Å². The van der Waals surface area contributed by atoms with Gasteiger partial charge in [-0.25, -0.2) is 0 Å². The molecular weight excluding hydrogens is 268 g/mol. The Hall–Kier alpha value is -0.870. The fraction of sp³-hybridized carbons (Fsp3) is 0.417. The zero-order chi connectivity index (χ0) is 11.5. The van der Waals surface area contributed by atoms with Crippen molar-refractivity contribution in [3.63, 3.8) is 0 Å². The van der Waals surface area contributed by atoms with Crippen LogP contribution in [0.15, 0.2) is 22.7 Å². The van der Waals surface area contributed by atoms with Crippen molar-refractivity contribution < 1.29 is 4.79 Å². The van der Waals surface area contributed by atoms with Crippen LogP contribution in [0.1, 0.15) is 23.2 Å². The van der Waals surface area contributed by atoms with Crippen molar-refractivity contribution in [3.05, 3.63) is 28.2 Å². The molecule has 1 aromatic rings. The second kappa shape index (κ2) is 4.97. The lowest BCUT2D eigenvalue weighted by Gasteiger charge is -2.22. The molecule has 0 saturated carbocycles. The third-order valence-corrected chi connectivity index (χ3v) is 3.72. The molecule has 1 aliphatic heterocycles. The van der Waals surface area contributed by atoms with Crippen LogP contribution in [0.3, 0.4) is 0 Å². The Bertz CT molecular complexity index is 400. The van der Waals surface area contributed by atoms with Crippen molar-refractivity contribution in [2.75, 3.05) is 18.8 Å². The van der Waals surface area contributed by atoms with Crippen LogP contribution in [0.5, 0.6) is 0 Å². The summed E-state index contributed by atoms with van der Waals surface area (Å²) in [6.07, 6.45) is 1.82. The summed E-state index contributed by atoms with van der Waals surface area (Å²) in [5.41, 5.74) is 7.12. The molecule has 0 radical (unpaired) electrons. The Morgan fingerprint density at radius 3 is 2.75 bits per heavy atom. The van der Waals surface area contributed by atoms with Crippen molar-refractivity contribution in [3.8, 4) is 0 Å². The van der Waals surface area contributed by atoms with Gasteiger partial charge in [0.15, 0.2) is 5.78 Å². The molecule has 0 aliphatic carbocycles. The maximum Gasteiger partial charge on any atom is 0.168 e. The van der Waals surface area contributed by atoms with Gasteiger partial charge in [-0.2, -0.15) is 0 Å². The highest BCUT2D eigenvalue weighted by Crippen LogP contribution is 2.27. The Labute approximate surface area is 104 Å². The van der Waals surface area contributed by atoms with E-state index in [-0.39, 0.29) is 11.7 Å². The molecule has 1 aliphatic rings. The highest BCUT2D eigenvalue weighted by atomic mass is 79.9. The first-order valence-electron chi connectivity index (χ1n) is 5.49. The van der Waals surface area contributed by atoms with Crippen LogP contribution in [0.2, 0.25) is 0 Å². The largest absolute Gasteiger partial charge is 0.397 e. The van der Waals surface area contributed by atoms with Gasteiger partial charge in [-0.15, -0.1) is 0 Å². The highest BCUT2D eigenvalue weighted by Gasteiger charge is 2.23. The molecule has 0 bridgehead atoms. The van der Waals surface area contributed by atoms with Gasteiger partial charge >= 0.3 is 0 Å². The van der Waals surface area contributed by atoms with E-state index in [1.165, 1.54) is 0 Å². The van der Waals surface area contributed by atoms with E-state index < -0.39 is 0 Å². The predicted molar refractivity (Wildman–Crippen MR) is 68.5 cm³/mol. The number of para-hydroxylation sites is 1. The number of nitrogens with one attached hydrogen (secondary N) is 1. The number of piperidine rings is 1. The van der Waals surface area contributed by atoms with E-state index in [2.05, 4.69) is 21.2 Å². The molecule has 3 nitrogen and oxygen atoms in total. The van der Waals surface area contributed by atoms with Crippen molar-refractivity contribution in [1.29, 1.82) is 0 Å². The van der Waals surface area contributed by atoms with Gasteiger partial charge in [0.05, 0.1) is 5.69 Å². The zero-order valence-electron chi connectivity index (χ0n) is 9.00. The Balaban J connectivity index is 2.22. The minimum absolute atomic E-state index is 0.123. The van der Waals surface area contributed by atoms with Gasteiger partial charge in [-0.1, -0.05) is 6.07 Å². The van der Waals surface area contributed by atoms with Crippen molar-refractivity contribution in [1.82, 2.24) is 5.32 Å². The van der Waals surface area contributed by atoms with Crippen LogP contribution >= 0.6 is 15.9 Å². The molecule has 0 atom stereocenters. The van der Waals surface area contributed by atoms with E-state index in [4.69, 9.17) is 5.73 Å². The minimum atomic E-state index is 0.123. The van der Waals surface area contributed by atoms with Gasteiger partial charge in [0, 0.05) is 16.0 Å². The average Bonchev–Trinajstić information content (AvgIpc) is 2.33. The summed E-state index contributed by atoms with van der Waals surface area (Å²) < 4.78 is 0.798. The number of nitrogens with two attached hydrogens (primary N) is 1. The lowest BCUT2D eigenvalue weighted by atomic mass is 9.89. The summed E-state index contributed by atoms with van der Waals surface area (Å²) >= 11 is 3.35. The highest BCUT2D eigenvalue weighted by molar-refractivity contribution is 9.10. The first kappa shape index (κ1) is 11.6. The number of rotatable bonds is 2. The molecule has 4 heteroatoms. The Morgan fingerprint density at radius 1 is 1.38 bits per heavy atom. The number of carbonyl (C=O) groups is 1. The summed E-state index contributed by atoms with van der Waals surface area (Å²) in [7, 11) is 0. The number of Topliss-reactive ketones (excluding diaryl/α,β-unsaturated/α-hetero) is 1. The molecule has 1 saturated heterocycles. The quantitative estimate of drug-likeness (QED) is 0.646. The summed E-state index contributed by atoms with van der Waals surface area (Å²) in [4.78, 5) is 12.2. The molecule has 0 unspecified atom stereocenters. The molecule has 1 heterocycles. The van der Waals surface area contributed by atoms with Gasteiger partial charge in [0.25, 0.3) is 0 Å². The normalized spacial score (nSPS) is 17.3. The lowest BCUT2D eigenvalue weighted by molar-refractivity contribution is 0.0896. The maximum absolute atomic E-state index is 12.2. The molecule has 86 valence electrons. The van der Waals surface area contributed by atoms with Crippen molar-refractivity contribution >= 4 is 27.4 Å². The summed E-state index contributed by atoms with van der Waals surface area (Å²) in [5, 5.41) is 3.25. The van der Waals surface area contributed by atoms with Crippen molar-refractivity contribution in [2.24, 2.45) is 5.92 Å². The van der Waals surface area contributed by atoms with Crippen LogP contribution in [-0.2, 0) is 0 Å². The van der Waals surface area contributed by atoms with Crippen LogP contribution in [0.4, 0.5) is 5.69 Å². The smallest absolute Gasteiger partial charge is 0.168 e. The number of halogens is 1. The van der Waals surface area contributed by atoms with Gasteiger partial charge in [-0.3, -0.25) is 4.79 Å². The molecule has 1 fully saturated rings. The first-order chi connectivity index (χ1) is 7.70. The molecule has 2 rings (SSSR count). The predicted octanol–water partition coefficient (Wildman–Crippen LogP) is 2.21. The van der Waals surface area contributed by atoms with Crippen LogP contribution < -0.4 is 11.1 Å². The number of benzene rings is 1. The SMILES string of the molecule is Nc1c(Br)cccc1C(=O)C1CCNCC1. The summed E-state index contributed by atoms with van der Waals surface area (Å²) in [6, 6.07) is 5.52. The third-order valence-electron chi connectivity index (χ3n) is 3.03. The van der Waals surface area contributed by atoms with E-state index >= 15 is 0 Å². The number of anilines is 1. The van der Waals surface area contributed by atoms with Crippen LogP contribution in [-0.4, -0.2) is 18.9 Å². The van der Waals surface area contributed by atoms with E-state index in [0.29, 0.717) is 11.3 Å². The molecule has 16 heavy (non-hydrogen) atoms. The molecule has 0 amide bonds. The molecule has 3 N–H and O–H groups in total. The maximum atomic E-state index is 12.2. The van der Waals surface area contributed by atoms with Gasteiger partial charge in [0.1, 0.15) is 0 Å². The number of nitrogen functional groups attached to an aromatic ring is 1. The lowest BCUT2D eigenvalue weighted by Crippen LogP contribution is -2.32. The second-order valence-corrected chi connectivity index (χ2v) is 4.94. The van der Waals surface area contributed by atoms with Gasteiger partial charge < -0.3 is 11.1 Å². The molecule has 0 spiro atoms. The second-order valence-electron chi connectivity index (χ2n) is 4.09. The number of hydrogen-bond acceptors (Lipinski definition) is 3. The molecule has 0 aromatic heterocycles. The Morgan fingerprint density at radius 2 is 2.06 bits per heavy atom. The fourth-order valence-corrected chi connectivity index (χ4v) is 2.42. The number of ketones is 1. The standard InChI is InChI=1S/C12H15BrN2O/c13-10-3-1-2-9(11(10)14)12(16)8-4-6-15-7-5-8/h1-3,8,15H,4-7,14H2. The monoisotopic (exact) mass is 282 g/mol. The van der Waals surface area contributed by atoms with Gasteiger partial charge in [0.2, 0.25) is 0 Å². The zero-order valence-corrected chi connectivity index (χ0v) is 10.6. The van der Waals surface area contributed by atoms with E-state index in [9.17, 15) is 4.79 Å². The first-order valence-corrected chi connectivity index (χ1v) is 6.28. The molecule has 1 aromatic carbocycles. The van der Waals surface area contributed by atoms with Gasteiger partial charge in [-0.05, 0) is 54.0 Å². The molecular formula is C12H15BrN2O. The minimum Gasteiger partial charge on any atom is -0.397 e.